The van der Waals surface area contributed by atoms with Crippen LogP contribution in [0.25, 0.3) is 0 Å². The minimum absolute atomic E-state index is 0.124. The van der Waals surface area contributed by atoms with Gasteiger partial charge in [-0.25, -0.2) is 4.39 Å². The molecule has 2 unspecified atom stereocenters. The number of ether oxygens (including phenoxy) is 1. The SMILES string of the molecule is CCC(/C=C\C1=C(N)NCCC1)CCCc1cc(C(CC(=O)O)c2ccc(OC)c(F)c2)n[nH]1. The lowest BCUT2D eigenvalue weighted by Crippen LogP contribution is -2.26. The minimum Gasteiger partial charge on any atom is -0.494 e. The lowest BCUT2D eigenvalue weighted by molar-refractivity contribution is -0.137. The molecule has 0 spiro atoms. The van der Waals surface area contributed by atoms with Crippen LogP contribution in [0.5, 0.6) is 5.75 Å². The molecule has 1 aliphatic heterocycles. The second kappa shape index (κ2) is 12.3. The molecule has 0 amide bonds. The number of benzene rings is 1. The van der Waals surface area contributed by atoms with E-state index in [2.05, 4.69) is 34.6 Å². The number of methoxy groups -OCH3 is 1. The van der Waals surface area contributed by atoms with E-state index in [1.807, 2.05) is 6.07 Å². The molecule has 0 bridgehead atoms. The van der Waals surface area contributed by atoms with Crippen molar-refractivity contribution in [2.45, 2.75) is 57.8 Å². The first kappa shape index (κ1) is 25.3. The lowest BCUT2D eigenvalue weighted by atomic mass is 9.91. The molecule has 0 radical (unpaired) electrons. The van der Waals surface area contributed by atoms with Crippen molar-refractivity contribution in [2.24, 2.45) is 11.7 Å². The zero-order chi connectivity index (χ0) is 24.5. The van der Waals surface area contributed by atoms with E-state index < -0.39 is 17.7 Å². The Labute approximate surface area is 200 Å². The topological polar surface area (TPSA) is 113 Å². The zero-order valence-electron chi connectivity index (χ0n) is 19.9. The highest BCUT2D eigenvalue weighted by atomic mass is 19.1. The summed E-state index contributed by atoms with van der Waals surface area (Å²) in [4.78, 5) is 11.5. The Hall–Kier alpha value is -3.29. The third-order valence-corrected chi connectivity index (χ3v) is 6.36. The summed E-state index contributed by atoms with van der Waals surface area (Å²) >= 11 is 0. The Morgan fingerprint density at radius 2 is 2.21 bits per heavy atom. The Morgan fingerprint density at radius 3 is 2.88 bits per heavy atom. The van der Waals surface area contributed by atoms with E-state index in [0.717, 1.165) is 56.6 Å². The van der Waals surface area contributed by atoms with Gasteiger partial charge in [0.25, 0.3) is 0 Å². The predicted molar refractivity (Wildman–Crippen MR) is 130 cm³/mol. The number of aryl methyl sites for hydroxylation is 1. The first-order chi connectivity index (χ1) is 16.4. The maximum Gasteiger partial charge on any atom is 0.304 e. The minimum atomic E-state index is -0.965. The third kappa shape index (κ3) is 6.85. The second-order valence-corrected chi connectivity index (χ2v) is 8.75. The fraction of sp³-hybridized carbons (Fsp3) is 0.462. The van der Waals surface area contributed by atoms with Crippen LogP contribution in [-0.2, 0) is 11.2 Å². The van der Waals surface area contributed by atoms with Crippen LogP contribution in [-0.4, -0.2) is 34.9 Å². The first-order valence-electron chi connectivity index (χ1n) is 11.9. The number of nitrogens with one attached hydrogen (secondary N) is 2. The van der Waals surface area contributed by atoms with E-state index in [1.54, 1.807) is 6.07 Å². The summed E-state index contributed by atoms with van der Waals surface area (Å²) in [5.74, 6) is -0.656. The Morgan fingerprint density at radius 1 is 1.38 bits per heavy atom. The van der Waals surface area contributed by atoms with Gasteiger partial charge in [-0.2, -0.15) is 5.10 Å². The molecule has 3 rings (SSSR count). The maximum absolute atomic E-state index is 14.2. The highest BCUT2D eigenvalue weighted by Crippen LogP contribution is 2.30. The number of carbonyl (C=O) groups is 1. The van der Waals surface area contributed by atoms with E-state index in [-0.39, 0.29) is 12.2 Å². The Bertz CT molecular complexity index is 1030. The van der Waals surface area contributed by atoms with Crippen LogP contribution in [0.3, 0.4) is 0 Å². The number of nitrogens with two attached hydrogens (primary N) is 1. The summed E-state index contributed by atoms with van der Waals surface area (Å²) in [6.07, 6.45) is 10.2. The van der Waals surface area contributed by atoms with E-state index in [9.17, 15) is 14.3 Å². The number of allylic oxidation sites excluding steroid dienone is 3. The first-order valence-corrected chi connectivity index (χ1v) is 11.9. The molecule has 5 N–H and O–H groups in total. The van der Waals surface area contributed by atoms with Crippen molar-refractivity contribution in [1.82, 2.24) is 15.5 Å². The van der Waals surface area contributed by atoms with Crippen LogP contribution in [0.2, 0.25) is 0 Å². The van der Waals surface area contributed by atoms with E-state index in [0.29, 0.717) is 17.2 Å². The van der Waals surface area contributed by atoms with E-state index in [4.69, 9.17) is 10.5 Å². The van der Waals surface area contributed by atoms with Crippen molar-refractivity contribution in [3.05, 3.63) is 70.6 Å². The van der Waals surface area contributed by atoms with Crippen LogP contribution in [0, 0.1) is 11.7 Å². The van der Waals surface area contributed by atoms with Crippen molar-refractivity contribution in [3.8, 4) is 5.75 Å². The van der Waals surface area contributed by atoms with Gasteiger partial charge in [-0.3, -0.25) is 9.89 Å². The molecular formula is C26H35FN4O3. The number of carboxylic acid groups (broad SMARTS) is 1. The molecule has 0 aliphatic carbocycles. The van der Waals surface area contributed by atoms with Crippen LogP contribution in [0.1, 0.15) is 68.3 Å². The van der Waals surface area contributed by atoms with Gasteiger partial charge in [0.15, 0.2) is 11.6 Å². The van der Waals surface area contributed by atoms with Crippen molar-refractivity contribution < 1.29 is 19.0 Å². The largest absolute Gasteiger partial charge is 0.494 e. The quantitative estimate of drug-likeness (QED) is 0.360. The van der Waals surface area contributed by atoms with E-state index >= 15 is 0 Å². The number of hydrogen-bond acceptors (Lipinski definition) is 5. The van der Waals surface area contributed by atoms with Crippen molar-refractivity contribution in [3.63, 3.8) is 0 Å². The molecule has 2 heterocycles. The molecule has 2 atom stereocenters. The summed E-state index contributed by atoms with van der Waals surface area (Å²) in [5, 5.41) is 20.0. The molecule has 1 aromatic heterocycles. The number of aromatic nitrogens is 2. The van der Waals surface area contributed by atoms with E-state index in [1.165, 1.54) is 24.8 Å². The van der Waals surface area contributed by atoms with Gasteiger partial charge in [-0.1, -0.05) is 25.1 Å². The number of carboxylic acids is 1. The van der Waals surface area contributed by atoms with Gasteiger partial charge in [0.2, 0.25) is 0 Å². The number of H-pyrrole nitrogens is 1. The monoisotopic (exact) mass is 470 g/mol. The average Bonchev–Trinajstić information content (AvgIpc) is 3.29. The standard InChI is InChI=1S/C26H35FN4O3/c1-3-17(9-10-18-7-5-13-29-26(18)28)6-4-8-20-15-23(31-30-20)21(16-25(32)33)19-11-12-24(34-2)22(27)14-19/h9-12,14-15,17,21,29H,3-8,13,16,28H2,1-2H3,(H,30,31)(H,32,33)/b10-9-. The summed E-state index contributed by atoms with van der Waals surface area (Å²) < 4.78 is 19.2. The van der Waals surface area contributed by atoms with Gasteiger partial charge in [-0.15, -0.1) is 0 Å². The second-order valence-electron chi connectivity index (χ2n) is 8.75. The van der Waals surface area contributed by atoms with Gasteiger partial charge in [-0.05, 0) is 73.8 Å². The molecular weight excluding hydrogens is 435 g/mol. The normalized spacial score (nSPS) is 15.9. The van der Waals surface area contributed by atoms with Gasteiger partial charge in [0.05, 0.1) is 25.0 Å². The molecule has 1 aromatic carbocycles. The Kier molecular flexibility index (Phi) is 9.13. The summed E-state index contributed by atoms with van der Waals surface area (Å²) in [5.41, 5.74) is 9.33. The molecule has 34 heavy (non-hydrogen) atoms. The van der Waals surface area contributed by atoms with Gasteiger partial charge in [0.1, 0.15) is 0 Å². The summed E-state index contributed by atoms with van der Waals surface area (Å²) in [6, 6.07) is 6.42. The molecule has 2 aromatic rings. The highest BCUT2D eigenvalue weighted by molar-refractivity contribution is 5.69. The number of nitrogens with zero attached hydrogens (tertiary/aromatic N) is 1. The molecule has 184 valence electrons. The van der Waals surface area contributed by atoms with Crippen molar-refractivity contribution in [1.29, 1.82) is 0 Å². The maximum atomic E-state index is 14.2. The number of hydrogen-bond donors (Lipinski definition) is 4. The average molecular weight is 471 g/mol. The van der Waals surface area contributed by atoms with Gasteiger partial charge in [0, 0.05) is 18.2 Å². The van der Waals surface area contributed by atoms with Crippen LogP contribution < -0.4 is 15.8 Å². The molecule has 0 saturated heterocycles. The Balaban J connectivity index is 1.62. The van der Waals surface area contributed by atoms with Crippen LogP contribution >= 0.6 is 0 Å². The number of rotatable bonds is 12. The third-order valence-electron chi connectivity index (χ3n) is 6.36. The van der Waals surface area contributed by atoms with Crippen molar-refractivity contribution >= 4 is 5.97 Å². The predicted octanol–water partition coefficient (Wildman–Crippen LogP) is 4.62. The smallest absolute Gasteiger partial charge is 0.304 e. The molecule has 1 aliphatic rings. The fourth-order valence-electron chi connectivity index (χ4n) is 4.32. The summed E-state index contributed by atoms with van der Waals surface area (Å²) in [7, 11) is 1.39. The number of aliphatic carboxylic acids is 1. The van der Waals surface area contributed by atoms with Gasteiger partial charge < -0.3 is 20.9 Å². The highest BCUT2D eigenvalue weighted by Gasteiger charge is 2.22. The molecule has 0 fully saturated rings. The van der Waals surface area contributed by atoms with Crippen LogP contribution in [0.4, 0.5) is 4.39 Å². The van der Waals surface area contributed by atoms with Crippen molar-refractivity contribution in [2.75, 3.05) is 13.7 Å². The number of halogens is 1. The van der Waals surface area contributed by atoms with Crippen LogP contribution in [0.15, 0.2) is 47.8 Å². The zero-order valence-corrected chi connectivity index (χ0v) is 19.9. The lowest BCUT2D eigenvalue weighted by Gasteiger charge is -2.17. The summed E-state index contributed by atoms with van der Waals surface area (Å²) in [6.45, 7) is 3.12. The van der Waals surface area contributed by atoms with Gasteiger partial charge >= 0.3 is 5.97 Å². The molecule has 0 saturated carbocycles. The number of aromatic amines is 1. The molecule has 7 nitrogen and oxygen atoms in total. The molecule has 8 heteroatoms. The fourth-order valence-corrected chi connectivity index (χ4v) is 4.32.